The van der Waals surface area contributed by atoms with Gasteiger partial charge in [-0.15, -0.1) is 0 Å². The second kappa shape index (κ2) is 8.54. The molecule has 0 saturated carbocycles. The van der Waals surface area contributed by atoms with E-state index in [1.54, 1.807) is 29.2 Å². The van der Waals surface area contributed by atoms with E-state index in [9.17, 15) is 14.4 Å². The molecule has 2 rings (SSSR count). The van der Waals surface area contributed by atoms with Crippen molar-refractivity contribution in [2.45, 2.75) is 27.7 Å². The van der Waals surface area contributed by atoms with E-state index in [1.807, 2.05) is 27.7 Å². The highest BCUT2D eigenvalue weighted by Crippen LogP contribution is 2.23. The summed E-state index contributed by atoms with van der Waals surface area (Å²) in [5.41, 5.74) is 0.662. The van der Waals surface area contributed by atoms with Gasteiger partial charge in [-0.2, -0.15) is 0 Å². The van der Waals surface area contributed by atoms with Crippen molar-refractivity contribution in [3.63, 3.8) is 0 Å². The van der Waals surface area contributed by atoms with Crippen LogP contribution in [0.2, 0.25) is 5.02 Å². The summed E-state index contributed by atoms with van der Waals surface area (Å²) in [5, 5.41) is 0.533. The molecule has 26 heavy (non-hydrogen) atoms. The third-order valence-electron chi connectivity index (χ3n) is 4.13. The Bertz CT molecular complexity index is 690. The number of anilines is 1. The van der Waals surface area contributed by atoms with E-state index in [0.29, 0.717) is 17.3 Å². The molecule has 0 aliphatic carbocycles. The molecule has 1 aromatic carbocycles. The van der Waals surface area contributed by atoms with E-state index in [0.717, 1.165) is 0 Å². The molecule has 0 spiro atoms. The van der Waals surface area contributed by atoms with E-state index in [2.05, 4.69) is 0 Å². The Morgan fingerprint density at radius 3 is 2.50 bits per heavy atom. The summed E-state index contributed by atoms with van der Waals surface area (Å²) in [5.74, 6) is -0.355. The number of hydrogen-bond donors (Lipinski definition) is 0. The van der Waals surface area contributed by atoms with Crippen molar-refractivity contribution in [1.82, 2.24) is 9.80 Å². The Balaban J connectivity index is 2.07. The van der Waals surface area contributed by atoms with Crippen molar-refractivity contribution in [3.05, 3.63) is 29.3 Å². The van der Waals surface area contributed by atoms with Gasteiger partial charge < -0.3 is 9.80 Å². The van der Waals surface area contributed by atoms with Crippen LogP contribution in [0.3, 0.4) is 0 Å². The van der Waals surface area contributed by atoms with Gasteiger partial charge in [0.05, 0.1) is 6.54 Å². The predicted molar refractivity (Wildman–Crippen MR) is 102 cm³/mol. The lowest BCUT2D eigenvalue weighted by atomic mass is 10.1. The van der Waals surface area contributed by atoms with E-state index in [1.165, 1.54) is 9.80 Å². The van der Waals surface area contributed by atoms with E-state index < -0.39 is 0 Å². The zero-order chi connectivity index (χ0) is 19.4. The van der Waals surface area contributed by atoms with Crippen molar-refractivity contribution in [1.29, 1.82) is 0 Å². The highest BCUT2D eigenvalue weighted by Gasteiger charge is 2.33. The molecule has 0 radical (unpaired) electrons. The van der Waals surface area contributed by atoms with Gasteiger partial charge in [0.2, 0.25) is 17.7 Å². The van der Waals surface area contributed by atoms with Gasteiger partial charge in [0, 0.05) is 23.2 Å². The van der Waals surface area contributed by atoms with E-state index in [-0.39, 0.29) is 49.3 Å². The molecule has 7 heteroatoms. The van der Waals surface area contributed by atoms with Crippen LogP contribution in [0.15, 0.2) is 24.3 Å². The molecule has 142 valence electrons. The lowest BCUT2D eigenvalue weighted by molar-refractivity contribution is -0.142. The van der Waals surface area contributed by atoms with Crippen LogP contribution in [0.4, 0.5) is 5.69 Å². The van der Waals surface area contributed by atoms with Crippen LogP contribution in [0.5, 0.6) is 0 Å². The molecule has 0 bridgehead atoms. The highest BCUT2D eigenvalue weighted by atomic mass is 35.5. The first-order chi connectivity index (χ1) is 12.2. The Hall–Kier alpha value is -2.08. The molecule has 1 saturated heterocycles. The molecular weight excluding hydrogens is 354 g/mol. The number of nitrogens with zero attached hydrogens (tertiary/aromatic N) is 3. The fraction of sp³-hybridized carbons (Fsp3) is 0.526. The molecule has 1 aliphatic rings. The van der Waals surface area contributed by atoms with Gasteiger partial charge in [0.15, 0.2) is 0 Å². The second-order valence-electron chi connectivity index (χ2n) is 7.30. The third kappa shape index (κ3) is 4.97. The zero-order valence-corrected chi connectivity index (χ0v) is 16.5. The maximum atomic E-state index is 12.7. The van der Waals surface area contributed by atoms with Crippen LogP contribution in [0.25, 0.3) is 0 Å². The third-order valence-corrected chi connectivity index (χ3v) is 4.36. The molecule has 3 amide bonds. The fourth-order valence-corrected chi connectivity index (χ4v) is 3.07. The maximum Gasteiger partial charge on any atom is 0.248 e. The summed E-state index contributed by atoms with van der Waals surface area (Å²) in [7, 11) is 0. The number of halogens is 1. The maximum absolute atomic E-state index is 12.7. The van der Waals surface area contributed by atoms with E-state index >= 15 is 0 Å². The second-order valence-corrected chi connectivity index (χ2v) is 7.74. The number of hydrogen-bond acceptors (Lipinski definition) is 3. The minimum absolute atomic E-state index is 0.00808. The first-order valence-corrected chi connectivity index (χ1v) is 9.19. The summed E-state index contributed by atoms with van der Waals surface area (Å²) in [4.78, 5) is 42.0. The van der Waals surface area contributed by atoms with E-state index in [4.69, 9.17) is 11.6 Å². The Kier molecular flexibility index (Phi) is 6.64. The molecule has 0 atom stereocenters. The normalized spacial score (nSPS) is 14.5. The van der Waals surface area contributed by atoms with Crippen LogP contribution in [-0.4, -0.2) is 53.8 Å². The van der Waals surface area contributed by atoms with Crippen LogP contribution >= 0.6 is 11.6 Å². The highest BCUT2D eigenvalue weighted by molar-refractivity contribution is 6.31. The summed E-state index contributed by atoms with van der Waals surface area (Å²) in [6.45, 7) is 8.34. The molecule has 6 nitrogen and oxygen atoms in total. The average molecular weight is 380 g/mol. The lowest BCUT2D eigenvalue weighted by Crippen LogP contribution is -2.45. The molecule has 1 heterocycles. The zero-order valence-electron chi connectivity index (χ0n) is 15.7. The molecule has 1 fully saturated rings. The summed E-state index contributed by atoms with van der Waals surface area (Å²) >= 11 is 5.99. The number of benzene rings is 1. The molecule has 0 unspecified atom stereocenters. The summed E-state index contributed by atoms with van der Waals surface area (Å²) in [6, 6.07) is 6.98. The summed E-state index contributed by atoms with van der Waals surface area (Å²) < 4.78 is 0. The standard InChI is InChI=1S/C19H26ClN3O3/c1-13(2)9-21(19(26)14(3)4)10-17(24)22-11-18(25)23(12-22)16-7-5-6-15(20)8-16/h5-8,13-14H,9-12H2,1-4H3. The average Bonchev–Trinajstić information content (AvgIpc) is 2.95. The number of amides is 3. The van der Waals surface area contributed by atoms with Crippen LogP contribution < -0.4 is 4.90 Å². The van der Waals surface area contributed by atoms with Gasteiger partial charge in [-0.25, -0.2) is 0 Å². The van der Waals surface area contributed by atoms with Crippen molar-refractivity contribution in [3.8, 4) is 0 Å². The topological polar surface area (TPSA) is 60.9 Å². The SMILES string of the molecule is CC(C)CN(CC(=O)N1CC(=O)N(c2cccc(Cl)c2)C1)C(=O)C(C)C. The van der Waals surface area contributed by atoms with Crippen molar-refractivity contribution >= 4 is 35.0 Å². The molecule has 1 aliphatic heterocycles. The van der Waals surface area contributed by atoms with Crippen molar-refractivity contribution in [2.75, 3.05) is 31.2 Å². The Morgan fingerprint density at radius 1 is 1.23 bits per heavy atom. The smallest absolute Gasteiger partial charge is 0.248 e. The van der Waals surface area contributed by atoms with Gasteiger partial charge in [-0.05, 0) is 24.1 Å². The molecular formula is C19H26ClN3O3. The number of carbonyl (C=O) groups excluding carboxylic acids is 3. The van der Waals surface area contributed by atoms with Gasteiger partial charge in [-0.1, -0.05) is 45.4 Å². The van der Waals surface area contributed by atoms with Crippen molar-refractivity contribution < 1.29 is 14.4 Å². The van der Waals surface area contributed by atoms with Gasteiger partial charge in [-0.3, -0.25) is 19.3 Å². The largest absolute Gasteiger partial charge is 0.333 e. The van der Waals surface area contributed by atoms with Crippen LogP contribution in [0.1, 0.15) is 27.7 Å². The Morgan fingerprint density at radius 2 is 1.92 bits per heavy atom. The number of carbonyl (C=O) groups is 3. The first-order valence-electron chi connectivity index (χ1n) is 8.81. The fourth-order valence-electron chi connectivity index (χ4n) is 2.89. The van der Waals surface area contributed by atoms with Crippen molar-refractivity contribution in [2.24, 2.45) is 11.8 Å². The van der Waals surface area contributed by atoms with Crippen LogP contribution in [-0.2, 0) is 14.4 Å². The number of rotatable bonds is 6. The van der Waals surface area contributed by atoms with Gasteiger partial charge >= 0.3 is 0 Å². The van der Waals surface area contributed by atoms with Gasteiger partial charge in [0.1, 0.15) is 13.2 Å². The Labute approximate surface area is 159 Å². The monoisotopic (exact) mass is 379 g/mol. The predicted octanol–water partition coefficient (Wildman–Crippen LogP) is 2.61. The van der Waals surface area contributed by atoms with Crippen LogP contribution in [0, 0.1) is 11.8 Å². The minimum atomic E-state index is -0.225. The van der Waals surface area contributed by atoms with Gasteiger partial charge in [0.25, 0.3) is 0 Å². The molecule has 0 N–H and O–H groups in total. The molecule has 0 aromatic heterocycles. The quantitative estimate of drug-likeness (QED) is 0.763. The lowest BCUT2D eigenvalue weighted by Gasteiger charge is -2.27. The first kappa shape index (κ1) is 20.2. The summed E-state index contributed by atoms with van der Waals surface area (Å²) in [6.07, 6.45) is 0. The minimum Gasteiger partial charge on any atom is -0.333 e. The molecule has 1 aromatic rings.